The highest BCUT2D eigenvalue weighted by Crippen LogP contribution is 2.25. The Morgan fingerprint density at radius 1 is 1.36 bits per heavy atom. The van der Waals surface area contributed by atoms with Crippen LogP contribution in [0.5, 0.6) is 5.75 Å². The first-order valence-electron chi connectivity index (χ1n) is 3.43. The standard InChI is InChI=1S/C9H12NO/c1-10(2)8-6-4-5-7-9(8)11-3/h4-7H,1H2,2-3H3. The number of nitrogens with zero attached hydrogens (tertiary/aromatic N) is 1. The Morgan fingerprint density at radius 2 is 2.00 bits per heavy atom. The predicted octanol–water partition coefficient (Wildman–Crippen LogP) is 1.92. The van der Waals surface area contributed by atoms with Crippen LogP contribution in [0.15, 0.2) is 24.3 Å². The monoisotopic (exact) mass is 150 g/mol. The molecule has 0 aliphatic carbocycles. The molecule has 59 valence electrons. The van der Waals surface area contributed by atoms with Crippen LogP contribution in [0.25, 0.3) is 0 Å². The Hall–Kier alpha value is -1.18. The van der Waals surface area contributed by atoms with Crippen molar-refractivity contribution in [3.63, 3.8) is 0 Å². The molecule has 0 unspecified atom stereocenters. The third-order valence-corrected chi connectivity index (χ3v) is 1.50. The molecule has 1 aromatic rings. The molecule has 1 radical (unpaired) electrons. The van der Waals surface area contributed by atoms with Gasteiger partial charge >= 0.3 is 0 Å². The molecule has 0 fully saturated rings. The van der Waals surface area contributed by atoms with Crippen molar-refractivity contribution in [3.8, 4) is 5.75 Å². The highest BCUT2D eigenvalue weighted by molar-refractivity contribution is 5.57. The minimum absolute atomic E-state index is 0.852. The molecule has 0 saturated carbocycles. The van der Waals surface area contributed by atoms with Crippen molar-refractivity contribution in [2.24, 2.45) is 0 Å². The molecule has 0 N–H and O–H groups in total. The average Bonchev–Trinajstić information content (AvgIpc) is 2.04. The van der Waals surface area contributed by atoms with E-state index >= 15 is 0 Å². The molecule has 11 heavy (non-hydrogen) atoms. The van der Waals surface area contributed by atoms with Gasteiger partial charge in [-0.15, -0.1) is 0 Å². The molecule has 0 spiro atoms. The normalized spacial score (nSPS) is 9.36. The summed E-state index contributed by atoms with van der Waals surface area (Å²) in [7, 11) is 7.31. The fourth-order valence-corrected chi connectivity index (χ4v) is 0.945. The van der Waals surface area contributed by atoms with E-state index in [4.69, 9.17) is 4.74 Å². The molecular formula is C9H12NO. The van der Waals surface area contributed by atoms with E-state index in [0.29, 0.717) is 0 Å². The smallest absolute Gasteiger partial charge is 0.142 e. The van der Waals surface area contributed by atoms with Crippen LogP contribution in [-0.4, -0.2) is 14.2 Å². The number of hydrogen-bond donors (Lipinski definition) is 0. The molecule has 0 aliphatic rings. The van der Waals surface area contributed by atoms with E-state index in [9.17, 15) is 0 Å². The Balaban J connectivity index is 3.02. The molecule has 1 aromatic carbocycles. The number of anilines is 1. The second kappa shape index (κ2) is 3.28. The van der Waals surface area contributed by atoms with Crippen molar-refractivity contribution in [2.45, 2.75) is 0 Å². The molecule has 0 amide bonds. The zero-order valence-corrected chi connectivity index (χ0v) is 6.87. The molecule has 0 aliphatic heterocycles. The molecule has 1 rings (SSSR count). The van der Waals surface area contributed by atoms with Gasteiger partial charge in [0.25, 0.3) is 0 Å². The van der Waals surface area contributed by atoms with Gasteiger partial charge in [-0.05, 0) is 12.1 Å². The zero-order valence-electron chi connectivity index (χ0n) is 6.87. The van der Waals surface area contributed by atoms with E-state index in [-0.39, 0.29) is 0 Å². The zero-order chi connectivity index (χ0) is 8.27. The Morgan fingerprint density at radius 3 is 2.45 bits per heavy atom. The maximum absolute atomic E-state index is 5.12. The van der Waals surface area contributed by atoms with Crippen LogP contribution in [-0.2, 0) is 0 Å². The van der Waals surface area contributed by atoms with Gasteiger partial charge in [0.2, 0.25) is 0 Å². The Labute approximate surface area is 67.4 Å². The molecule has 0 bridgehead atoms. The van der Waals surface area contributed by atoms with Gasteiger partial charge in [0.05, 0.1) is 12.8 Å². The second-order valence-corrected chi connectivity index (χ2v) is 2.37. The summed E-state index contributed by atoms with van der Waals surface area (Å²) in [6, 6.07) is 7.77. The van der Waals surface area contributed by atoms with Gasteiger partial charge < -0.3 is 9.64 Å². The fraction of sp³-hybridized carbons (Fsp3) is 0.222. The van der Waals surface area contributed by atoms with Gasteiger partial charge in [-0.1, -0.05) is 12.1 Å². The van der Waals surface area contributed by atoms with Crippen LogP contribution < -0.4 is 9.64 Å². The summed E-state index contributed by atoms with van der Waals surface area (Å²) in [6.07, 6.45) is 0. The summed E-state index contributed by atoms with van der Waals surface area (Å²) in [5.74, 6) is 0.852. The third kappa shape index (κ3) is 1.64. The predicted molar refractivity (Wildman–Crippen MR) is 46.8 cm³/mol. The van der Waals surface area contributed by atoms with Gasteiger partial charge in [0.1, 0.15) is 5.75 Å². The van der Waals surface area contributed by atoms with E-state index in [1.54, 1.807) is 12.0 Å². The molecule has 0 atom stereocenters. The topological polar surface area (TPSA) is 12.5 Å². The highest BCUT2D eigenvalue weighted by atomic mass is 16.5. The minimum atomic E-state index is 0.852. The van der Waals surface area contributed by atoms with Gasteiger partial charge in [-0.2, -0.15) is 0 Å². The third-order valence-electron chi connectivity index (χ3n) is 1.50. The van der Waals surface area contributed by atoms with E-state index < -0.39 is 0 Å². The lowest BCUT2D eigenvalue weighted by molar-refractivity contribution is 0.415. The van der Waals surface area contributed by atoms with Crippen LogP contribution in [0.2, 0.25) is 0 Å². The van der Waals surface area contributed by atoms with Crippen LogP contribution in [0.1, 0.15) is 0 Å². The maximum atomic E-state index is 5.12. The minimum Gasteiger partial charge on any atom is -0.495 e. The lowest BCUT2D eigenvalue weighted by atomic mass is 10.3. The highest BCUT2D eigenvalue weighted by Gasteiger charge is 2.01. The number of hydrogen-bond acceptors (Lipinski definition) is 2. The number of benzene rings is 1. The molecule has 2 nitrogen and oxygen atoms in total. The van der Waals surface area contributed by atoms with Crippen molar-refractivity contribution in [2.75, 3.05) is 19.1 Å². The van der Waals surface area contributed by atoms with Gasteiger partial charge in [-0.25, -0.2) is 0 Å². The van der Waals surface area contributed by atoms with Crippen molar-refractivity contribution < 1.29 is 4.74 Å². The van der Waals surface area contributed by atoms with Crippen LogP contribution in [0.4, 0.5) is 5.69 Å². The lowest BCUT2D eigenvalue weighted by Crippen LogP contribution is -2.06. The van der Waals surface area contributed by atoms with Gasteiger partial charge in [-0.3, -0.25) is 0 Å². The quantitative estimate of drug-likeness (QED) is 0.638. The Kier molecular flexibility index (Phi) is 2.36. The molecule has 0 aromatic heterocycles. The Bertz CT molecular complexity index is 233. The first-order chi connectivity index (χ1) is 5.25. The maximum Gasteiger partial charge on any atom is 0.142 e. The SMILES string of the molecule is [CH2]N(C)c1ccccc1OC. The number of ether oxygens (including phenoxy) is 1. The van der Waals surface area contributed by atoms with Crippen LogP contribution in [0.3, 0.4) is 0 Å². The van der Waals surface area contributed by atoms with E-state index in [0.717, 1.165) is 11.4 Å². The fourth-order valence-electron chi connectivity index (χ4n) is 0.945. The molecular weight excluding hydrogens is 138 g/mol. The molecule has 0 heterocycles. The van der Waals surface area contributed by atoms with Gasteiger partial charge in [0.15, 0.2) is 0 Å². The van der Waals surface area contributed by atoms with Gasteiger partial charge in [0, 0.05) is 14.1 Å². The van der Waals surface area contributed by atoms with Crippen molar-refractivity contribution in [3.05, 3.63) is 31.3 Å². The summed E-state index contributed by atoms with van der Waals surface area (Å²) in [5, 5.41) is 0. The number of rotatable bonds is 2. The lowest BCUT2D eigenvalue weighted by Gasteiger charge is -2.15. The summed E-state index contributed by atoms with van der Waals surface area (Å²) >= 11 is 0. The van der Waals surface area contributed by atoms with Crippen LogP contribution >= 0.6 is 0 Å². The summed E-state index contributed by atoms with van der Waals surface area (Å²) < 4.78 is 5.12. The molecule has 0 saturated heterocycles. The summed E-state index contributed by atoms with van der Waals surface area (Å²) in [4.78, 5) is 1.78. The molecule has 2 heteroatoms. The van der Waals surface area contributed by atoms with E-state index in [2.05, 4.69) is 7.05 Å². The number of para-hydroxylation sites is 2. The summed E-state index contributed by atoms with van der Waals surface area (Å²) in [5.41, 5.74) is 0.995. The first-order valence-corrected chi connectivity index (χ1v) is 3.43. The average molecular weight is 150 g/mol. The van der Waals surface area contributed by atoms with Crippen molar-refractivity contribution >= 4 is 5.69 Å². The van der Waals surface area contributed by atoms with E-state index in [1.165, 1.54) is 0 Å². The number of methoxy groups -OCH3 is 1. The second-order valence-electron chi connectivity index (χ2n) is 2.37. The first kappa shape index (κ1) is 7.92. The largest absolute Gasteiger partial charge is 0.495 e. The van der Waals surface area contributed by atoms with E-state index in [1.807, 2.05) is 31.3 Å². The summed E-state index contributed by atoms with van der Waals surface area (Å²) in [6.45, 7) is 0. The van der Waals surface area contributed by atoms with Crippen molar-refractivity contribution in [1.29, 1.82) is 0 Å². The van der Waals surface area contributed by atoms with Crippen LogP contribution in [0, 0.1) is 7.05 Å². The van der Waals surface area contributed by atoms with Crippen molar-refractivity contribution in [1.82, 2.24) is 0 Å².